The van der Waals surface area contributed by atoms with Gasteiger partial charge in [-0.05, 0) is 18.8 Å². The Morgan fingerprint density at radius 3 is 2.58 bits per heavy atom. The largest absolute Gasteiger partial charge is 0.451 e. The maximum absolute atomic E-state index is 12.9. The van der Waals surface area contributed by atoms with Crippen molar-refractivity contribution in [2.45, 2.75) is 45.0 Å². The normalized spacial score (nSPS) is 23.8. The average molecular weight is 282 g/mol. The van der Waals surface area contributed by atoms with Crippen LogP contribution < -0.4 is 0 Å². The predicted octanol–water partition coefficient (Wildman–Crippen LogP) is 2.50. The summed E-state index contributed by atoms with van der Waals surface area (Å²) in [7, 11) is 0.931. The van der Waals surface area contributed by atoms with Crippen LogP contribution >= 0.6 is 0 Å². The number of methoxy groups -OCH3 is 1. The maximum Gasteiger partial charge on any atom is 0.439 e. The van der Waals surface area contributed by atoms with E-state index in [1.54, 1.807) is 0 Å². The van der Waals surface area contributed by atoms with Crippen molar-refractivity contribution in [2.24, 2.45) is 11.0 Å². The molecular weight excluding hydrogens is 265 g/mol. The van der Waals surface area contributed by atoms with E-state index in [4.69, 9.17) is 0 Å². The van der Waals surface area contributed by atoms with Crippen LogP contribution in [0.15, 0.2) is 5.10 Å². The van der Waals surface area contributed by atoms with Gasteiger partial charge in [0.2, 0.25) is 0 Å². The van der Waals surface area contributed by atoms with Crippen molar-refractivity contribution in [2.75, 3.05) is 7.11 Å². The highest BCUT2D eigenvalue weighted by atomic mass is 19.4. The first-order valence-electron chi connectivity index (χ1n) is 5.85. The molecule has 0 fully saturated rings. The minimum Gasteiger partial charge on any atom is -0.451 e. The van der Waals surface area contributed by atoms with Crippen molar-refractivity contribution >= 4 is 11.8 Å². The van der Waals surface area contributed by atoms with Crippen molar-refractivity contribution in [3.8, 4) is 0 Å². The lowest BCUT2D eigenvalue weighted by Gasteiger charge is -2.31. The fourth-order valence-corrected chi connectivity index (χ4v) is 1.71. The van der Waals surface area contributed by atoms with Gasteiger partial charge in [0, 0.05) is 12.1 Å². The van der Waals surface area contributed by atoms with Crippen molar-refractivity contribution in [1.29, 1.82) is 0 Å². The molecule has 1 unspecified atom stereocenters. The molecule has 1 heterocycles. The molecule has 110 valence electrons. The molecule has 0 aromatic rings. The van der Waals surface area contributed by atoms with E-state index < -0.39 is 24.4 Å². The summed E-state index contributed by atoms with van der Waals surface area (Å²) in [6, 6.07) is 0. The van der Waals surface area contributed by atoms with Crippen LogP contribution in [-0.4, -0.2) is 40.9 Å². The van der Waals surface area contributed by atoms with Crippen molar-refractivity contribution in [3.05, 3.63) is 0 Å². The molecule has 19 heavy (non-hydrogen) atoms. The van der Waals surface area contributed by atoms with Crippen molar-refractivity contribution < 1.29 is 27.8 Å². The lowest BCUT2D eigenvalue weighted by molar-refractivity contribution is -0.299. The van der Waals surface area contributed by atoms with Crippen LogP contribution in [0.4, 0.5) is 18.0 Å². The number of halogens is 3. The van der Waals surface area contributed by atoms with Crippen LogP contribution in [0.5, 0.6) is 0 Å². The van der Waals surface area contributed by atoms with Crippen molar-refractivity contribution in [3.63, 3.8) is 0 Å². The number of hydrogen-bond donors (Lipinski definition) is 1. The monoisotopic (exact) mass is 282 g/mol. The van der Waals surface area contributed by atoms with E-state index in [-0.39, 0.29) is 16.6 Å². The van der Waals surface area contributed by atoms with Crippen LogP contribution in [0.25, 0.3) is 0 Å². The quantitative estimate of drug-likeness (QED) is 0.865. The number of ether oxygens (including phenoxy) is 1. The molecular formula is C11H17F3N2O3. The molecule has 5 nitrogen and oxygen atoms in total. The number of aliphatic hydroxyl groups is 1. The lowest BCUT2D eigenvalue weighted by atomic mass is 10.00. The van der Waals surface area contributed by atoms with Crippen LogP contribution in [0, 0.1) is 5.92 Å². The molecule has 0 aromatic heterocycles. The number of amides is 1. The van der Waals surface area contributed by atoms with Gasteiger partial charge in [-0.25, -0.2) is 4.79 Å². The van der Waals surface area contributed by atoms with Gasteiger partial charge in [-0.15, -0.1) is 0 Å². The minimum absolute atomic E-state index is 0.0251. The maximum atomic E-state index is 12.9. The number of carbonyl (C=O) groups excluding carboxylic acids is 1. The van der Waals surface area contributed by atoms with E-state index in [2.05, 4.69) is 9.84 Å². The zero-order valence-electron chi connectivity index (χ0n) is 11.0. The van der Waals surface area contributed by atoms with E-state index >= 15 is 0 Å². The smallest absolute Gasteiger partial charge is 0.439 e. The summed E-state index contributed by atoms with van der Waals surface area (Å²) < 4.78 is 42.9. The zero-order valence-corrected chi connectivity index (χ0v) is 11.0. The van der Waals surface area contributed by atoms with Crippen molar-refractivity contribution in [1.82, 2.24) is 5.01 Å². The molecule has 1 rings (SSSR count). The molecule has 0 spiro atoms. The third kappa shape index (κ3) is 3.17. The summed E-state index contributed by atoms with van der Waals surface area (Å²) >= 11 is 0. The first-order valence-corrected chi connectivity index (χ1v) is 5.85. The van der Waals surface area contributed by atoms with E-state index in [1.807, 2.05) is 13.8 Å². The molecule has 0 bridgehead atoms. The summed E-state index contributed by atoms with van der Waals surface area (Å²) in [4.78, 5) is 11.3. The first-order chi connectivity index (χ1) is 8.61. The van der Waals surface area contributed by atoms with Gasteiger partial charge in [0.15, 0.2) is 0 Å². The van der Waals surface area contributed by atoms with Crippen LogP contribution in [0.1, 0.15) is 33.1 Å². The standard InChI is InChI=1S/C11H17F3N2O3/c1-7(2)4-5-8-6-10(18,11(12,13)14)16(15-8)9(17)19-3/h7,18H,4-6H2,1-3H3. The Morgan fingerprint density at radius 2 is 2.16 bits per heavy atom. The van der Waals surface area contributed by atoms with Crippen LogP contribution in [0.3, 0.4) is 0 Å². The predicted molar refractivity (Wildman–Crippen MR) is 61.4 cm³/mol. The third-order valence-corrected chi connectivity index (χ3v) is 2.85. The number of rotatable bonds is 3. The van der Waals surface area contributed by atoms with Gasteiger partial charge in [0.25, 0.3) is 5.72 Å². The number of hydrogen-bond acceptors (Lipinski definition) is 4. The molecule has 1 aliphatic rings. The number of nitrogens with zero attached hydrogens (tertiary/aromatic N) is 2. The Morgan fingerprint density at radius 1 is 1.58 bits per heavy atom. The Kier molecular flexibility index (Phi) is 4.44. The zero-order chi connectivity index (χ0) is 14.8. The second kappa shape index (κ2) is 5.36. The highest BCUT2D eigenvalue weighted by Gasteiger charge is 2.63. The van der Waals surface area contributed by atoms with Crippen LogP contribution in [0.2, 0.25) is 0 Å². The van der Waals surface area contributed by atoms with E-state index in [1.165, 1.54) is 0 Å². The Labute approximate surface area is 109 Å². The van der Waals surface area contributed by atoms with Crippen LogP contribution in [-0.2, 0) is 4.74 Å². The Bertz CT molecular complexity index is 382. The molecule has 1 atom stereocenters. The highest BCUT2D eigenvalue weighted by Crippen LogP contribution is 2.41. The fraction of sp³-hybridized carbons (Fsp3) is 0.818. The lowest BCUT2D eigenvalue weighted by Crippen LogP contribution is -2.56. The molecule has 1 N–H and O–H groups in total. The van der Waals surface area contributed by atoms with Gasteiger partial charge >= 0.3 is 12.3 Å². The van der Waals surface area contributed by atoms with Gasteiger partial charge < -0.3 is 9.84 Å². The number of hydrazone groups is 1. The molecule has 0 radical (unpaired) electrons. The molecule has 0 aromatic carbocycles. The molecule has 8 heteroatoms. The van der Waals surface area contributed by atoms with Gasteiger partial charge in [0.1, 0.15) is 0 Å². The summed E-state index contributed by atoms with van der Waals surface area (Å²) in [5.41, 5.74) is -3.18. The average Bonchev–Trinajstić information content (AvgIpc) is 2.64. The molecule has 0 aliphatic carbocycles. The molecule has 1 aliphatic heterocycles. The van der Waals surface area contributed by atoms with E-state index in [0.717, 1.165) is 7.11 Å². The summed E-state index contributed by atoms with van der Waals surface area (Å²) in [5, 5.41) is 13.2. The van der Waals surface area contributed by atoms with Gasteiger partial charge in [0.05, 0.1) is 7.11 Å². The summed E-state index contributed by atoms with van der Waals surface area (Å²) in [6.07, 6.45) is -6.15. The second-order valence-corrected chi connectivity index (χ2v) is 4.87. The topological polar surface area (TPSA) is 62.1 Å². The Hall–Kier alpha value is -1.31. The molecule has 0 saturated heterocycles. The Balaban J connectivity index is 2.95. The minimum atomic E-state index is -5.00. The summed E-state index contributed by atoms with van der Waals surface area (Å²) in [6.45, 7) is 3.84. The summed E-state index contributed by atoms with van der Waals surface area (Å²) in [5.74, 6) is 0.286. The number of carbonyl (C=O) groups is 1. The molecule has 1 amide bonds. The second-order valence-electron chi connectivity index (χ2n) is 4.87. The fourth-order valence-electron chi connectivity index (χ4n) is 1.71. The van der Waals surface area contributed by atoms with Gasteiger partial charge in [-0.2, -0.15) is 23.3 Å². The van der Waals surface area contributed by atoms with Gasteiger partial charge in [-0.1, -0.05) is 13.8 Å². The van der Waals surface area contributed by atoms with E-state index in [9.17, 15) is 23.1 Å². The molecule has 0 saturated carbocycles. The first kappa shape index (κ1) is 15.7. The number of alkyl halides is 3. The highest BCUT2D eigenvalue weighted by molar-refractivity contribution is 5.89. The SMILES string of the molecule is COC(=O)N1N=C(CCC(C)C)CC1(O)C(F)(F)F. The van der Waals surface area contributed by atoms with Gasteiger partial charge in [-0.3, -0.25) is 0 Å². The van der Waals surface area contributed by atoms with E-state index in [0.29, 0.717) is 12.8 Å². The third-order valence-electron chi connectivity index (χ3n) is 2.85.